The van der Waals surface area contributed by atoms with Gasteiger partial charge < -0.3 is 10.6 Å². The molecule has 0 spiro atoms. The molecule has 0 bridgehead atoms. The van der Waals surface area contributed by atoms with Crippen LogP contribution in [-0.4, -0.2) is 37.7 Å². The maximum Gasteiger partial charge on any atom is 0.146 e. The fourth-order valence-electron chi connectivity index (χ4n) is 6.00. The Bertz CT molecular complexity index is 1320. The van der Waals surface area contributed by atoms with Gasteiger partial charge in [0.25, 0.3) is 0 Å². The minimum atomic E-state index is -0.633. The van der Waals surface area contributed by atoms with Crippen molar-refractivity contribution in [2.24, 2.45) is 17.6 Å². The summed E-state index contributed by atoms with van der Waals surface area (Å²) in [7, 11) is 4.11. The van der Waals surface area contributed by atoms with E-state index in [-0.39, 0.29) is 11.7 Å². The Morgan fingerprint density at radius 3 is 2.45 bits per heavy atom. The van der Waals surface area contributed by atoms with Gasteiger partial charge in [0.2, 0.25) is 0 Å². The van der Waals surface area contributed by atoms with Crippen LogP contribution in [-0.2, 0) is 5.41 Å². The van der Waals surface area contributed by atoms with E-state index in [1.807, 2.05) is 25.1 Å². The van der Waals surface area contributed by atoms with E-state index in [1.54, 1.807) is 23.5 Å². The largest absolute Gasteiger partial charge is 0.369 e. The molecule has 1 aliphatic rings. The molecule has 5 heteroatoms. The molecule has 3 nitrogen and oxygen atoms in total. The predicted octanol–water partition coefficient (Wildman–Crippen LogP) is 7.14. The molecule has 1 aromatic heterocycles. The van der Waals surface area contributed by atoms with Crippen LogP contribution >= 0.6 is 11.3 Å². The Morgan fingerprint density at radius 1 is 1.11 bits per heavy atom. The van der Waals surface area contributed by atoms with Crippen LogP contribution in [0.15, 0.2) is 72.6 Å². The summed E-state index contributed by atoms with van der Waals surface area (Å²) < 4.78 is 14.5. The molecule has 2 aromatic carbocycles. The number of benzene rings is 2. The van der Waals surface area contributed by atoms with E-state index in [4.69, 9.17) is 5.73 Å². The lowest BCUT2D eigenvalue weighted by atomic mass is 9.61. The summed E-state index contributed by atoms with van der Waals surface area (Å²) in [6.45, 7) is 12.3. The monoisotopic (exact) mass is 529 g/mol. The van der Waals surface area contributed by atoms with E-state index in [2.05, 4.69) is 91.9 Å². The van der Waals surface area contributed by atoms with Crippen LogP contribution in [0.25, 0.3) is 11.1 Å². The second-order valence-corrected chi connectivity index (χ2v) is 11.8. The van der Waals surface area contributed by atoms with E-state index in [1.165, 1.54) is 10.4 Å². The van der Waals surface area contributed by atoms with Gasteiger partial charge in [0.05, 0.1) is 11.4 Å². The number of allylic oxidation sites excluding steroid dienone is 1. The molecule has 1 saturated heterocycles. The number of para-hydroxylation sites is 1. The third kappa shape index (κ3) is 5.18. The van der Waals surface area contributed by atoms with Crippen molar-refractivity contribution in [2.75, 3.05) is 32.1 Å². The van der Waals surface area contributed by atoms with Crippen LogP contribution in [0.3, 0.4) is 0 Å². The highest BCUT2D eigenvalue weighted by atomic mass is 32.1. The zero-order valence-corrected chi connectivity index (χ0v) is 24.1. The van der Waals surface area contributed by atoms with Crippen LogP contribution in [0.5, 0.6) is 0 Å². The van der Waals surface area contributed by atoms with Crippen LogP contribution in [0.4, 0.5) is 10.1 Å². The SMILES string of the molecule is C=CC(C1CCN(c2ccccc2F)CC1)C(C)(c1cc(-c2cccc(C#CC)c2)cs1)C(C)(N)N(C)C. The van der Waals surface area contributed by atoms with Crippen molar-refractivity contribution < 1.29 is 4.39 Å². The molecule has 0 amide bonds. The zero-order valence-electron chi connectivity index (χ0n) is 23.3. The number of nitrogens with two attached hydrogens (primary N) is 1. The first-order chi connectivity index (χ1) is 18.1. The maximum absolute atomic E-state index is 14.5. The third-order valence-electron chi connectivity index (χ3n) is 8.72. The molecular weight excluding hydrogens is 489 g/mol. The van der Waals surface area contributed by atoms with Gasteiger partial charge >= 0.3 is 0 Å². The van der Waals surface area contributed by atoms with Crippen molar-refractivity contribution in [2.45, 2.75) is 44.7 Å². The second-order valence-electron chi connectivity index (χ2n) is 10.9. The van der Waals surface area contributed by atoms with Crippen molar-refractivity contribution in [3.05, 3.63) is 88.9 Å². The lowest BCUT2D eigenvalue weighted by Crippen LogP contribution is -2.66. The summed E-state index contributed by atoms with van der Waals surface area (Å²) in [6, 6.07) is 17.8. The summed E-state index contributed by atoms with van der Waals surface area (Å²) in [4.78, 5) is 5.56. The highest BCUT2D eigenvalue weighted by Gasteiger charge is 2.52. The van der Waals surface area contributed by atoms with Gasteiger partial charge in [-0.3, -0.25) is 4.90 Å². The lowest BCUT2D eigenvalue weighted by molar-refractivity contribution is 0.0335. The van der Waals surface area contributed by atoms with Gasteiger partial charge in [0, 0.05) is 28.9 Å². The van der Waals surface area contributed by atoms with Gasteiger partial charge in [-0.2, -0.15) is 0 Å². The van der Waals surface area contributed by atoms with Crippen molar-refractivity contribution in [3.8, 4) is 23.0 Å². The average Bonchev–Trinajstić information content (AvgIpc) is 3.41. The highest BCUT2D eigenvalue weighted by molar-refractivity contribution is 7.10. The van der Waals surface area contributed by atoms with E-state index in [9.17, 15) is 4.39 Å². The van der Waals surface area contributed by atoms with Gasteiger partial charge in [-0.25, -0.2) is 4.39 Å². The summed E-state index contributed by atoms with van der Waals surface area (Å²) >= 11 is 1.77. The molecule has 3 unspecified atom stereocenters. The molecule has 200 valence electrons. The molecule has 1 fully saturated rings. The third-order valence-corrected chi connectivity index (χ3v) is 9.89. The Labute approximate surface area is 232 Å². The summed E-state index contributed by atoms with van der Waals surface area (Å²) in [6.07, 6.45) is 4.04. The van der Waals surface area contributed by atoms with Gasteiger partial charge in [-0.15, -0.1) is 23.8 Å². The van der Waals surface area contributed by atoms with Crippen molar-refractivity contribution in [1.82, 2.24) is 4.90 Å². The highest BCUT2D eigenvalue weighted by Crippen LogP contribution is 2.50. The number of hydrogen-bond donors (Lipinski definition) is 1. The van der Waals surface area contributed by atoms with Gasteiger partial charge in [0.1, 0.15) is 5.82 Å². The fourth-order valence-corrected chi connectivity index (χ4v) is 7.24. The number of rotatable bonds is 8. The van der Waals surface area contributed by atoms with E-state index < -0.39 is 11.1 Å². The maximum atomic E-state index is 14.5. The van der Waals surface area contributed by atoms with Gasteiger partial charge in [-0.1, -0.05) is 43.2 Å². The van der Waals surface area contributed by atoms with E-state index in [0.29, 0.717) is 11.6 Å². The summed E-state index contributed by atoms with van der Waals surface area (Å²) in [5, 5.41) is 2.23. The predicted molar refractivity (Wildman–Crippen MR) is 161 cm³/mol. The van der Waals surface area contributed by atoms with Gasteiger partial charge in [-0.05, 0) is 99.5 Å². The van der Waals surface area contributed by atoms with Crippen molar-refractivity contribution >= 4 is 17.0 Å². The summed E-state index contributed by atoms with van der Waals surface area (Å²) in [5.41, 5.74) is 10.2. The molecular formula is C33H40FN3S. The van der Waals surface area contributed by atoms with Crippen LogP contribution in [0, 0.1) is 29.5 Å². The number of piperidine rings is 1. The Kier molecular flexibility index (Phi) is 8.47. The molecule has 0 aliphatic carbocycles. The lowest BCUT2D eigenvalue weighted by Gasteiger charge is -2.54. The Morgan fingerprint density at radius 2 is 1.82 bits per heavy atom. The number of halogens is 1. The minimum Gasteiger partial charge on any atom is -0.369 e. The average molecular weight is 530 g/mol. The number of thiophene rings is 1. The van der Waals surface area contributed by atoms with E-state index in [0.717, 1.165) is 37.1 Å². The van der Waals surface area contributed by atoms with Crippen LogP contribution in [0.2, 0.25) is 0 Å². The molecule has 3 atom stereocenters. The van der Waals surface area contributed by atoms with Gasteiger partial charge in [0.15, 0.2) is 0 Å². The Balaban J connectivity index is 1.68. The first-order valence-electron chi connectivity index (χ1n) is 13.3. The summed E-state index contributed by atoms with van der Waals surface area (Å²) in [5.74, 6) is 6.54. The second kappa shape index (κ2) is 11.5. The quantitative estimate of drug-likeness (QED) is 0.191. The minimum absolute atomic E-state index is 0.145. The number of hydrogen-bond acceptors (Lipinski definition) is 4. The topological polar surface area (TPSA) is 32.5 Å². The molecule has 0 radical (unpaired) electrons. The van der Waals surface area contributed by atoms with Crippen LogP contribution in [0.1, 0.15) is 44.1 Å². The van der Waals surface area contributed by atoms with Crippen molar-refractivity contribution in [3.63, 3.8) is 0 Å². The normalized spacial score (nSPS) is 18.3. The smallest absolute Gasteiger partial charge is 0.146 e. The number of nitrogens with zero attached hydrogens (tertiary/aromatic N) is 2. The standard InChI is InChI=1S/C33H40FN3S/c1-7-12-24-13-11-14-26(21-24)27-22-31(38-23-27)32(3,33(4,35)36(5)6)28(8-2)25-17-19-37(20-18-25)30-16-10-9-15-29(30)34/h8-11,13-16,21-23,25,28H,2,17-20,35H2,1,3-6H3. The zero-order chi connectivity index (χ0) is 27.5. The molecule has 2 heterocycles. The number of anilines is 1. The Hall–Kier alpha value is -2.91. The van der Waals surface area contributed by atoms with Crippen molar-refractivity contribution in [1.29, 1.82) is 0 Å². The molecule has 0 saturated carbocycles. The molecule has 1 aliphatic heterocycles. The molecule has 38 heavy (non-hydrogen) atoms. The van der Waals surface area contributed by atoms with Crippen LogP contribution < -0.4 is 10.6 Å². The molecule has 2 N–H and O–H groups in total. The molecule has 3 aromatic rings. The number of likely N-dealkylation sites (N-methyl/N-ethyl adjacent to an activating group) is 1. The molecule has 4 rings (SSSR count). The first kappa shape index (κ1) is 28.1. The van der Waals surface area contributed by atoms with E-state index >= 15 is 0 Å². The first-order valence-corrected chi connectivity index (χ1v) is 14.2. The fraction of sp³-hybridized carbons (Fsp3) is 0.394.